The van der Waals surface area contributed by atoms with E-state index in [4.69, 9.17) is 5.11 Å². The lowest BCUT2D eigenvalue weighted by Gasteiger charge is -2.18. The number of amides is 1. The molecule has 0 saturated heterocycles. The van der Waals surface area contributed by atoms with Crippen LogP contribution in [0.25, 0.3) is 0 Å². The standard InChI is InChI=1S/C15H21NO3/c1-4-5-11-6-8-12(9-7-11)10-16-13(17)15(2,3)14(18)19/h6-9H,4-5,10H2,1-3H3,(H,16,17)(H,18,19). The predicted molar refractivity (Wildman–Crippen MR) is 73.7 cm³/mol. The maximum atomic E-state index is 11.8. The van der Waals surface area contributed by atoms with E-state index in [2.05, 4.69) is 12.2 Å². The Balaban J connectivity index is 2.57. The summed E-state index contributed by atoms with van der Waals surface area (Å²) < 4.78 is 0. The summed E-state index contributed by atoms with van der Waals surface area (Å²) in [6, 6.07) is 7.98. The van der Waals surface area contributed by atoms with Crippen LogP contribution in [0.15, 0.2) is 24.3 Å². The van der Waals surface area contributed by atoms with E-state index in [1.807, 2.05) is 24.3 Å². The van der Waals surface area contributed by atoms with Crippen molar-refractivity contribution >= 4 is 11.9 Å². The van der Waals surface area contributed by atoms with E-state index in [-0.39, 0.29) is 0 Å². The van der Waals surface area contributed by atoms with Gasteiger partial charge in [-0.2, -0.15) is 0 Å². The van der Waals surface area contributed by atoms with E-state index in [0.717, 1.165) is 18.4 Å². The lowest BCUT2D eigenvalue weighted by molar-refractivity contribution is -0.153. The second kappa shape index (κ2) is 6.36. The molecule has 0 aliphatic heterocycles. The molecule has 0 radical (unpaired) electrons. The van der Waals surface area contributed by atoms with E-state index < -0.39 is 17.3 Å². The molecule has 0 aliphatic rings. The molecule has 0 unspecified atom stereocenters. The Kier molecular flexibility index (Phi) is 5.10. The number of carbonyl (C=O) groups is 2. The Morgan fingerprint density at radius 2 is 1.68 bits per heavy atom. The minimum absolute atomic E-state index is 0.349. The van der Waals surface area contributed by atoms with Crippen LogP contribution in [-0.2, 0) is 22.6 Å². The van der Waals surface area contributed by atoms with Crippen molar-refractivity contribution in [3.63, 3.8) is 0 Å². The number of hydrogen-bond acceptors (Lipinski definition) is 2. The zero-order valence-corrected chi connectivity index (χ0v) is 11.7. The lowest BCUT2D eigenvalue weighted by atomic mass is 9.92. The zero-order valence-electron chi connectivity index (χ0n) is 11.7. The molecule has 0 saturated carbocycles. The molecule has 104 valence electrons. The highest BCUT2D eigenvalue weighted by Crippen LogP contribution is 2.15. The number of benzene rings is 1. The van der Waals surface area contributed by atoms with Gasteiger partial charge in [0, 0.05) is 6.54 Å². The summed E-state index contributed by atoms with van der Waals surface area (Å²) in [5, 5.41) is 11.6. The number of nitrogens with one attached hydrogen (secondary N) is 1. The predicted octanol–water partition coefficient (Wildman–Crippen LogP) is 2.37. The van der Waals surface area contributed by atoms with Crippen molar-refractivity contribution < 1.29 is 14.7 Å². The van der Waals surface area contributed by atoms with Crippen LogP contribution in [0.2, 0.25) is 0 Å². The summed E-state index contributed by atoms with van der Waals surface area (Å²) in [6.07, 6.45) is 2.14. The van der Waals surface area contributed by atoms with Crippen LogP contribution in [0.1, 0.15) is 38.3 Å². The van der Waals surface area contributed by atoms with Crippen molar-refractivity contribution in [1.82, 2.24) is 5.32 Å². The van der Waals surface area contributed by atoms with E-state index in [9.17, 15) is 9.59 Å². The van der Waals surface area contributed by atoms with Gasteiger partial charge in [-0.1, -0.05) is 37.6 Å². The molecule has 2 N–H and O–H groups in total. The molecule has 19 heavy (non-hydrogen) atoms. The van der Waals surface area contributed by atoms with Crippen LogP contribution in [0.5, 0.6) is 0 Å². The van der Waals surface area contributed by atoms with Gasteiger partial charge in [0.2, 0.25) is 5.91 Å². The van der Waals surface area contributed by atoms with Gasteiger partial charge in [-0.3, -0.25) is 9.59 Å². The van der Waals surface area contributed by atoms with Crippen LogP contribution in [0, 0.1) is 5.41 Å². The smallest absolute Gasteiger partial charge is 0.318 e. The molecule has 4 nitrogen and oxygen atoms in total. The van der Waals surface area contributed by atoms with Crippen molar-refractivity contribution in [2.24, 2.45) is 5.41 Å². The number of carboxylic acids is 1. The zero-order chi connectivity index (χ0) is 14.5. The Bertz CT molecular complexity index is 449. The molecule has 4 heteroatoms. The van der Waals surface area contributed by atoms with Crippen molar-refractivity contribution in [3.05, 3.63) is 35.4 Å². The van der Waals surface area contributed by atoms with E-state index in [1.54, 1.807) is 0 Å². The van der Waals surface area contributed by atoms with Crippen molar-refractivity contribution in [2.75, 3.05) is 0 Å². The van der Waals surface area contributed by atoms with Crippen molar-refractivity contribution in [3.8, 4) is 0 Å². The van der Waals surface area contributed by atoms with Gasteiger partial charge in [0.1, 0.15) is 5.41 Å². The first kappa shape index (κ1) is 15.2. The normalized spacial score (nSPS) is 11.1. The van der Waals surface area contributed by atoms with Crippen LogP contribution in [-0.4, -0.2) is 17.0 Å². The number of carboxylic acid groups (broad SMARTS) is 1. The number of hydrogen-bond donors (Lipinski definition) is 2. The second-order valence-electron chi connectivity index (χ2n) is 5.18. The van der Waals surface area contributed by atoms with Gasteiger partial charge in [0.15, 0.2) is 0 Å². The summed E-state index contributed by atoms with van der Waals surface area (Å²) in [5.74, 6) is -1.60. The molecule has 1 aromatic rings. The monoisotopic (exact) mass is 263 g/mol. The average molecular weight is 263 g/mol. The molecule has 0 bridgehead atoms. The summed E-state index contributed by atoms with van der Waals surface area (Å²) in [5.41, 5.74) is 0.833. The minimum atomic E-state index is -1.40. The molecular weight excluding hydrogens is 242 g/mol. The lowest BCUT2D eigenvalue weighted by Crippen LogP contribution is -2.41. The highest BCUT2D eigenvalue weighted by atomic mass is 16.4. The van der Waals surface area contributed by atoms with Crippen molar-refractivity contribution in [2.45, 2.75) is 40.2 Å². The van der Waals surface area contributed by atoms with E-state index in [0.29, 0.717) is 6.54 Å². The summed E-state index contributed by atoms with van der Waals surface area (Å²) >= 11 is 0. The third kappa shape index (κ3) is 4.09. The van der Waals surface area contributed by atoms with Crippen LogP contribution >= 0.6 is 0 Å². The second-order valence-corrected chi connectivity index (χ2v) is 5.18. The Morgan fingerprint density at radius 1 is 1.16 bits per heavy atom. The Labute approximate surface area is 113 Å². The highest BCUT2D eigenvalue weighted by molar-refractivity contribution is 6.00. The quantitative estimate of drug-likeness (QED) is 0.774. The number of carbonyl (C=O) groups excluding carboxylic acids is 1. The molecule has 0 atom stereocenters. The molecule has 0 aliphatic carbocycles. The maximum Gasteiger partial charge on any atom is 0.318 e. The van der Waals surface area contributed by atoms with Gasteiger partial charge in [-0.25, -0.2) is 0 Å². The fourth-order valence-electron chi connectivity index (χ4n) is 1.61. The largest absolute Gasteiger partial charge is 0.480 e. The van der Waals surface area contributed by atoms with E-state index >= 15 is 0 Å². The first-order valence-corrected chi connectivity index (χ1v) is 6.47. The average Bonchev–Trinajstić information content (AvgIpc) is 2.37. The fourth-order valence-corrected chi connectivity index (χ4v) is 1.61. The first-order chi connectivity index (χ1) is 8.87. The highest BCUT2D eigenvalue weighted by Gasteiger charge is 2.35. The van der Waals surface area contributed by atoms with Crippen LogP contribution < -0.4 is 5.32 Å². The molecule has 0 fully saturated rings. The summed E-state index contributed by atoms with van der Waals surface area (Å²) in [6.45, 7) is 5.27. The summed E-state index contributed by atoms with van der Waals surface area (Å²) in [4.78, 5) is 22.7. The molecule has 0 aromatic heterocycles. The van der Waals surface area contributed by atoms with Crippen LogP contribution in [0.3, 0.4) is 0 Å². The Hall–Kier alpha value is -1.84. The fraction of sp³-hybridized carbons (Fsp3) is 0.467. The molecule has 1 rings (SSSR count). The molecule has 1 amide bonds. The molecule has 1 aromatic carbocycles. The van der Waals surface area contributed by atoms with Gasteiger partial charge in [-0.15, -0.1) is 0 Å². The first-order valence-electron chi connectivity index (χ1n) is 6.47. The third-order valence-corrected chi connectivity index (χ3v) is 3.12. The number of aliphatic carboxylic acids is 1. The molecular formula is C15H21NO3. The van der Waals surface area contributed by atoms with Gasteiger partial charge >= 0.3 is 5.97 Å². The third-order valence-electron chi connectivity index (χ3n) is 3.12. The van der Waals surface area contributed by atoms with E-state index in [1.165, 1.54) is 19.4 Å². The van der Waals surface area contributed by atoms with Gasteiger partial charge in [-0.05, 0) is 31.4 Å². The maximum absolute atomic E-state index is 11.8. The van der Waals surface area contributed by atoms with Crippen LogP contribution in [0.4, 0.5) is 0 Å². The SMILES string of the molecule is CCCc1ccc(CNC(=O)C(C)(C)C(=O)O)cc1. The number of aryl methyl sites for hydroxylation is 1. The summed E-state index contributed by atoms with van der Waals surface area (Å²) in [7, 11) is 0. The van der Waals surface area contributed by atoms with Crippen molar-refractivity contribution in [1.29, 1.82) is 0 Å². The number of rotatable bonds is 6. The van der Waals surface area contributed by atoms with Gasteiger partial charge < -0.3 is 10.4 Å². The molecule has 0 heterocycles. The van der Waals surface area contributed by atoms with Gasteiger partial charge in [0.25, 0.3) is 0 Å². The van der Waals surface area contributed by atoms with Gasteiger partial charge in [0.05, 0.1) is 0 Å². The topological polar surface area (TPSA) is 66.4 Å². The molecule has 0 spiro atoms. The minimum Gasteiger partial charge on any atom is -0.480 e. The Morgan fingerprint density at radius 3 is 2.16 bits per heavy atom.